The van der Waals surface area contributed by atoms with E-state index >= 15 is 0 Å². The Morgan fingerprint density at radius 2 is 2.19 bits per heavy atom. The van der Waals surface area contributed by atoms with Gasteiger partial charge in [-0.2, -0.15) is 0 Å². The number of amides is 1. The molecule has 3 rings (SSSR count). The summed E-state index contributed by atoms with van der Waals surface area (Å²) >= 11 is 0. The first-order valence-electron chi connectivity index (χ1n) is 8.46. The summed E-state index contributed by atoms with van der Waals surface area (Å²) in [5, 5.41) is 3.00. The molecule has 1 aliphatic rings. The van der Waals surface area contributed by atoms with Crippen LogP contribution in [0, 0.1) is 0 Å². The number of benzene rings is 1. The highest BCUT2D eigenvalue weighted by Gasteiger charge is 2.24. The summed E-state index contributed by atoms with van der Waals surface area (Å²) in [6, 6.07) is 9.23. The molecule has 26 heavy (non-hydrogen) atoms. The second kappa shape index (κ2) is 8.48. The van der Waals surface area contributed by atoms with Crippen LogP contribution in [0.1, 0.15) is 0 Å². The van der Waals surface area contributed by atoms with Crippen LogP contribution in [0.25, 0.3) is 0 Å². The minimum absolute atomic E-state index is 0.00898. The molecule has 138 valence electrons. The lowest BCUT2D eigenvalue weighted by atomic mass is 10.2. The summed E-state index contributed by atoms with van der Waals surface area (Å²) in [7, 11) is 1.67. The zero-order valence-corrected chi connectivity index (χ0v) is 14.6. The minimum atomic E-state index is -0.212. The zero-order chi connectivity index (χ0) is 18.4. The summed E-state index contributed by atoms with van der Waals surface area (Å²) in [5.41, 5.74) is -0.201. The predicted molar refractivity (Wildman–Crippen MR) is 96.2 cm³/mol. The Bertz CT molecular complexity index is 793. The second-order valence-corrected chi connectivity index (χ2v) is 6.01. The van der Waals surface area contributed by atoms with E-state index < -0.39 is 0 Å². The van der Waals surface area contributed by atoms with Gasteiger partial charge in [0.15, 0.2) is 12.4 Å². The number of carbonyl (C=O) groups is 1. The van der Waals surface area contributed by atoms with Crippen LogP contribution in [-0.4, -0.2) is 59.3 Å². The summed E-state index contributed by atoms with van der Waals surface area (Å²) in [6.07, 6.45) is 2.94. The van der Waals surface area contributed by atoms with E-state index in [0.29, 0.717) is 32.0 Å². The van der Waals surface area contributed by atoms with Crippen LogP contribution < -0.4 is 15.6 Å². The number of aromatic nitrogens is 2. The molecule has 1 aliphatic heterocycles. The average molecular weight is 358 g/mol. The molecule has 1 aromatic carbocycles. The quantitative estimate of drug-likeness (QED) is 0.809. The first kappa shape index (κ1) is 17.9. The summed E-state index contributed by atoms with van der Waals surface area (Å²) in [4.78, 5) is 30.1. The van der Waals surface area contributed by atoms with E-state index in [1.54, 1.807) is 24.3 Å². The largest absolute Gasteiger partial charge is 0.484 e. The molecule has 1 atom stereocenters. The number of hydrogen-bond donors (Lipinski definition) is 1. The molecule has 0 bridgehead atoms. The van der Waals surface area contributed by atoms with Crippen molar-refractivity contribution in [3.8, 4) is 5.75 Å². The average Bonchev–Trinajstić information content (AvgIpc) is 2.68. The number of para-hydroxylation sites is 1. The standard InChI is InChI=1S/C18H22N4O4/c1-21-8-7-19-17(18(21)24)20-11-15-12-22(9-10-25-15)16(23)13-26-14-5-3-2-4-6-14/h2-8,15H,9-13H2,1H3,(H,19,20)/t15-/m0/s1. The van der Waals surface area contributed by atoms with Crippen molar-refractivity contribution in [3.63, 3.8) is 0 Å². The van der Waals surface area contributed by atoms with E-state index in [9.17, 15) is 9.59 Å². The number of anilines is 1. The number of rotatable bonds is 6. The molecule has 0 radical (unpaired) electrons. The van der Waals surface area contributed by atoms with Crippen LogP contribution >= 0.6 is 0 Å². The van der Waals surface area contributed by atoms with Crippen LogP contribution in [-0.2, 0) is 16.6 Å². The fourth-order valence-electron chi connectivity index (χ4n) is 2.65. The third kappa shape index (κ3) is 4.60. The number of nitrogens with zero attached hydrogens (tertiary/aromatic N) is 3. The SMILES string of the molecule is Cn1ccnc(NC[C@H]2CN(C(=O)COc3ccccc3)CCO2)c1=O. The fraction of sp³-hybridized carbons (Fsp3) is 0.389. The van der Waals surface area contributed by atoms with Gasteiger partial charge in [0.1, 0.15) is 5.75 Å². The van der Waals surface area contributed by atoms with Gasteiger partial charge in [-0.1, -0.05) is 18.2 Å². The first-order valence-corrected chi connectivity index (χ1v) is 8.46. The lowest BCUT2D eigenvalue weighted by Gasteiger charge is -2.33. The van der Waals surface area contributed by atoms with Gasteiger partial charge in [-0.15, -0.1) is 0 Å². The van der Waals surface area contributed by atoms with Gasteiger partial charge in [0.25, 0.3) is 11.5 Å². The smallest absolute Gasteiger partial charge is 0.293 e. The molecule has 0 saturated carbocycles. The lowest BCUT2D eigenvalue weighted by molar-refractivity contribution is -0.140. The minimum Gasteiger partial charge on any atom is -0.484 e. The maximum atomic E-state index is 12.3. The number of hydrogen-bond acceptors (Lipinski definition) is 6. The molecule has 0 unspecified atom stereocenters. The van der Waals surface area contributed by atoms with Gasteiger partial charge < -0.3 is 24.3 Å². The van der Waals surface area contributed by atoms with E-state index in [0.717, 1.165) is 0 Å². The Morgan fingerprint density at radius 1 is 1.38 bits per heavy atom. The highest BCUT2D eigenvalue weighted by Crippen LogP contribution is 2.10. The summed E-state index contributed by atoms with van der Waals surface area (Å²) in [6.45, 7) is 1.81. The Labute approximate surface area is 151 Å². The van der Waals surface area contributed by atoms with Gasteiger partial charge in [0, 0.05) is 39.1 Å². The van der Waals surface area contributed by atoms with Crippen molar-refractivity contribution in [1.82, 2.24) is 14.5 Å². The van der Waals surface area contributed by atoms with Gasteiger partial charge in [0.05, 0.1) is 12.7 Å². The van der Waals surface area contributed by atoms with Gasteiger partial charge in [-0.3, -0.25) is 9.59 Å². The highest BCUT2D eigenvalue weighted by atomic mass is 16.5. The number of ether oxygens (including phenoxy) is 2. The van der Waals surface area contributed by atoms with Gasteiger partial charge >= 0.3 is 0 Å². The summed E-state index contributed by atoms with van der Waals surface area (Å²) < 4.78 is 12.6. The van der Waals surface area contributed by atoms with E-state index in [4.69, 9.17) is 9.47 Å². The predicted octanol–water partition coefficient (Wildman–Crippen LogP) is 0.499. The second-order valence-electron chi connectivity index (χ2n) is 6.01. The normalized spacial score (nSPS) is 17.0. The molecule has 1 aromatic heterocycles. The Hall–Kier alpha value is -2.87. The lowest BCUT2D eigenvalue weighted by Crippen LogP contribution is -2.49. The van der Waals surface area contributed by atoms with Gasteiger partial charge in [-0.05, 0) is 12.1 Å². The van der Waals surface area contributed by atoms with Crippen molar-refractivity contribution in [3.05, 3.63) is 53.1 Å². The van der Waals surface area contributed by atoms with Crippen LogP contribution in [0.15, 0.2) is 47.5 Å². The Kier molecular flexibility index (Phi) is 5.85. The fourth-order valence-corrected chi connectivity index (χ4v) is 2.65. The molecule has 8 heteroatoms. The van der Waals surface area contributed by atoms with Crippen molar-refractivity contribution in [2.75, 3.05) is 38.2 Å². The number of aryl methyl sites for hydroxylation is 1. The number of morpholine rings is 1. The number of nitrogens with one attached hydrogen (secondary N) is 1. The topological polar surface area (TPSA) is 85.7 Å². The van der Waals surface area contributed by atoms with E-state index in [1.807, 2.05) is 30.3 Å². The van der Waals surface area contributed by atoms with Crippen molar-refractivity contribution < 1.29 is 14.3 Å². The molecule has 2 heterocycles. The molecule has 8 nitrogen and oxygen atoms in total. The third-order valence-corrected chi connectivity index (χ3v) is 4.11. The third-order valence-electron chi connectivity index (χ3n) is 4.11. The molecule has 1 amide bonds. The van der Waals surface area contributed by atoms with Crippen molar-refractivity contribution >= 4 is 11.7 Å². The van der Waals surface area contributed by atoms with Crippen molar-refractivity contribution in [1.29, 1.82) is 0 Å². The monoisotopic (exact) mass is 358 g/mol. The van der Waals surface area contributed by atoms with Crippen LogP contribution in [0.2, 0.25) is 0 Å². The zero-order valence-electron chi connectivity index (χ0n) is 14.6. The van der Waals surface area contributed by atoms with E-state index in [2.05, 4.69) is 10.3 Å². The molecule has 0 aliphatic carbocycles. The summed E-state index contributed by atoms with van der Waals surface area (Å²) in [5.74, 6) is 0.851. The molecular formula is C18H22N4O4. The van der Waals surface area contributed by atoms with E-state index in [-0.39, 0.29) is 30.0 Å². The molecule has 1 fully saturated rings. The molecule has 0 spiro atoms. The number of carbonyl (C=O) groups excluding carboxylic acids is 1. The van der Waals surface area contributed by atoms with Crippen molar-refractivity contribution in [2.45, 2.75) is 6.10 Å². The first-order chi connectivity index (χ1) is 12.6. The highest BCUT2D eigenvalue weighted by molar-refractivity contribution is 5.77. The molecule has 1 saturated heterocycles. The Balaban J connectivity index is 1.49. The molecule has 1 N–H and O–H groups in total. The Morgan fingerprint density at radius 3 is 3.00 bits per heavy atom. The van der Waals surface area contributed by atoms with E-state index in [1.165, 1.54) is 4.57 Å². The maximum absolute atomic E-state index is 12.3. The molecule has 2 aromatic rings. The van der Waals surface area contributed by atoms with Gasteiger partial charge in [-0.25, -0.2) is 4.98 Å². The molecular weight excluding hydrogens is 336 g/mol. The van der Waals surface area contributed by atoms with Crippen LogP contribution in [0.4, 0.5) is 5.82 Å². The van der Waals surface area contributed by atoms with Crippen molar-refractivity contribution in [2.24, 2.45) is 7.05 Å². The maximum Gasteiger partial charge on any atom is 0.293 e. The van der Waals surface area contributed by atoms with Gasteiger partial charge in [0.2, 0.25) is 0 Å². The van der Waals surface area contributed by atoms with Crippen LogP contribution in [0.5, 0.6) is 5.75 Å². The van der Waals surface area contributed by atoms with Crippen LogP contribution in [0.3, 0.4) is 0 Å².